The van der Waals surface area contributed by atoms with Crippen LogP contribution in [0.1, 0.15) is 6.92 Å². The third-order valence-corrected chi connectivity index (χ3v) is 2.28. The Morgan fingerprint density at radius 3 is 2.93 bits per heavy atom. The molecular formula is C11H15ClFNO. The van der Waals surface area contributed by atoms with E-state index in [0.29, 0.717) is 12.5 Å². The minimum absolute atomic E-state index is 0.0915. The molecule has 0 amide bonds. The van der Waals surface area contributed by atoms with Crippen molar-refractivity contribution in [3.63, 3.8) is 0 Å². The second kappa shape index (κ2) is 5.93. The molecule has 0 aliphatic carbocycles. The van der Waals surface area contributed by atoms with Gasteiger partial charge in [0.15, 0.2) is 11.6 Å². The van der Waals surface area contributed by atoms with E-state index in [1.54, 1.807) is 12.1 Å². The van der Waals surface area contributed by atoms with E-state index < -0.39 is 5.82 Å². The van der Waals surface area contributed by atoms with Crippen LogP contribution in [-0.2, 0) is 0 Å². The highest BCUT2D eigenvalue weighted by Gasteiger charge is 2.08. The van der Waals surface area contributed by atoms with Gasteiger partial charge in [-0.3, -0.25) is 0 Å². The molecule has 1 N–H and O–H groups in total. The first-order valence-corrected chi connectivity index (χ1v) is 5.24. The minimum atomic E-state index is -0.490. The van der Waals surface area contributed by atoms with Gasteiger partial charge in [-0.05, 0) is 19.2 Å². The fraction of sp³-hybridized carbons (Fsp3) is 0.455. The summed E-state index contributed by atoms with van der Waals surface area (Å²) in [5.74, 6) is 0.0506. The van der Waals surface area contributed by atoms with Crippen molar-refractivity contribution in [3.05, 3.63) is 29.0 Å². The van der Waals surface area contributed by atoms with Gasteiger partial charge in [0, 0.05) is 12.5 Å². The second-order valence-electron chi connectivity index (χ2n) is 3.53. The van der Waals surface area contributed by atoms with E-state index in [1.165, 1.54) is 6.07 Å². The zero-order valence-corrected chi connectivity index (χ0v) is 9.64. The van der Waals surface area contributed by atoms with E-state index in [-0.39, 0.29) is 10.8 Å². The molecule has 15 heavy (non-hydrogen) atoms. The first-order chi connectivity index (χ1) is 7.15. The molecule has 0 heterocycles. The first kappa shape index (κ1) is 12.3. The van der Waals surface area contributed by atoms with Crippen LogP contribution in [0.15, 0.2) is 18.2 Å². The lowest BCUT2D eigenvalue weighted by Gasteiger charge is -2.13. The molecule has 1 unspecified atom stereocenters. The molecule has 0 spiro atoms. The van der Waals surface area contributed by atoms with Crippen molar-refractivity contribution in [2.45, 2.75) is 6.92 Å². The summed E-state index contributed by atoms with van der Waals surface area (Å²) in [4.78, 5) is 0. The summed E-state index contributed by atoms with van der Waals surface area (Å²) in [7, 11) is 1.87. The third-order valence-electron chi connectivity index (χ3n) is 1.99. The summed E-state index contributed by atoms with van der Waals surface area (Å²) >= 11 is 5.62. The van der Waals surface area contributed by atoms with Crippen molar-refractivity contribution in [3.8, 4) is 5.75 Å². The summed E-state index contributed by atoms with van der Waals surface area (Å²) < 4.78 is 18.7. The molecule has 0 bridgehead atoms. The van der Waals surface area contributed by atoms with Gasteiger partial charge in [-0.25, -0.2) is 4.39 Å². The topological polar surface area (TPSA) is 21.3 Å². The maximum Gasteiger partial charge on any atom is 0.183 e. The minimum Gasteiger partial charge on any atom is -0.490 e. The molecule has 0 aromatic heterocycles. The van der Waals surface area contributed by atoms with Crippen LogP contribution < -0.4 is 10.1 Å². The molecule has 0 aliphatic rings. The molecule has 4 heteroatoms. The standard InChI is InChI=1S/C11H15ClFNO/c1-8(6-14-2)7-15-10-5-3-4-9(12)11(10)13/h3-5,8,14H,6-7H2,1-2H3. The zero-order chi connectivity index (χ0) is 11.3. The Morgan fingerprint density at radius 2 is 2.27 bits per heavy atom. The number of nitrogens with one attached hydrogen (secondary N) is 1. The average molecular weight is 232 g/mol. The van der Waals surface area contributed by atoms with Gasteiger partial charge in [0.25, 0.3) is 0 Å². The van der Waals surface area contributed by atoms with Crippen LogP contribution >= 0.6 is 11.6 Å². The highest BCUT2D eigenvalue weighted by molar-refractivity contribution is 6.30. The van der Waals surface area contributed by atoms with Gasteiger partial charge in [-0.15, -0.1) is 0 Å². The monoisotopic (exact) mass is 231 g/mol. The van der Waals surface area contributed by atoms with Crippen LogP contribution in [0.25, 0.3) is 0 Å². The van der Waals surface area contributed by atoms with E-state index in [4.69, 9.17) is 16.3 Å². The van der Waals surface area contributed by atoms with E-state index in [2.05, 4.69) is 5.32 Å². The van der Waals surface area contributed by atoms with Crippen LogP contribution in [0.2, 0.25) is 5.02 Å². The first-order valence-electron chi connectivity index (χ1n) is 4.86. The van der Waals surface area contributed by atoms with Crippen LogP contribution in [0.5, 0.6) is 5.75 Å². The molecule has 0 saturated carbocycles. The highest BCUT2D eigenvalue weighted by atomic mass is 35.5. The third kappa shape index (κ3) is 3.68. The predicted octanol–water partition coefficient (Wildman–Crippen LogP) is 2.71. The number of benzene rings is 1. The number of rotatable bonds is 5. The number of hydrogen-bond acceptors (Lipinski definition) is 2. The maximum atomic E-state index is 13.4. The van der Waals surface area contributed by atoms with Crippen molar-refractivity contribution in [2.75, 3.05) is 20.2 Å². The van der Waals surface area contributed by atoms with Crippen LogP contribution in [-0.4, -0.2) is 20.2 Å². The molecule has 0 saturated heterocycles. The summed E-state index contributed by atoms with van der Waals surface area (Å²) in [6.45, 7) is 3.33. The summed E-state index contributed by atoms with van der Waals surface area (Å²) in [5.41, 5.74) is 0. The molecular weight excluding hydrogens is 217 g/mol. The maximum absolute atomic E-state index is 13.4. The Kier molecular flexibility index (Phi) is 4.85. The highest BCUT2D eigenvalue weighted by Crippen LogP contribution is 2.24. The molecule has 0 radical (unpaired) electrons. The molecule has 1 atom stereocenters. The molecule has 0 aliphatic heterocycles. The quantitative estimate of drug-likeness (QED) is 0.842. The Balaban J connectivity index is 2.54. The molecule has 1 rings (SSSR count). The summed E-state index contributed by atoms with van der Waals surface area (Å²) in [5, 5.41) is 3.12. The zero-order valence-electron chi connectivity index (χ0n) is 8.89. The molecule has 2 nitrogen and oxygen atoms in total. The van der Waals surface area contributed by atoms with E-state index >= 15 is 0 Å². The van der Waals surface area contributed by atoms with Gasteiger partial charge in [-0.1, -0.05) is 24.6 Å². The van der Waals surface area contributed by atoms with Gasteiger partial charge >= 0.3 is 0 Å². The Morgan fingerprint density at radius 1 is 1.53 bits per heavy atom. The molecule has 1 aromatic rings. The van der Waals surface area contributed by atoms with Crippen LogP contribution in [0.3, 0.4) is 0 Å². The van der Waals surface area contributed by atoms with Gasteiger partial charge in [0.05, 0.1) is 11.6 Å². The lowest BCUT2D eigenvalue weighted by atomic mass is 10.2. The van der Waals surface area contributed by atoms with Crippen LogP contribution in [0, 0.1) is 11.7 Å². The van der Waals surface area contributed by atoms with Gasteiger partial charge in [0.1, 0.15) is 0 Å². The van der Waals surface area contributed by atoms with Gasteiger partial charge in [-0.2, -0.15) is 0 Å². The van der Waals surface area contributed by atoms with Crippen molar-refractivity contribution in [2.24, 2.45) is 5.92 Å². The van der Waals surface area contributed by atoms with Crippen molar-refractivity contribution >= 4 is 11.6 Å². The largest absolute Gasteiger partial charge is 0.490 e. The average Bonchev–Trinajstić information content (AvgIpc) is 2.21. The number of halogens is 2. The fourth-order valence-electron chi connectivity index (χ4n) is 1.23. The number of ether oxygens (including phenoxy) is 1. The molecule has 84 valence electrons. The summed E-state index contributed by atoms with van der Waals surface area (Å²) in [6.07, 6.45) is 0. The van der Waals surface area contributed by atoms with Crippen LogP contribution in [0.4, 0.5) is 4.39 Å². The Bertz CT molecular complexity index is 319. The van der Waals surface area contributed by atoms with Gasteiger partial charge < -0.3 is 10.1 Å². The Labute approximate surface area is 94.4 Å². The van der Waals surface area contributed by atoms with Gasteiger partial charge in [0.2, 0.25) is 0 Å². The normalized spacial score (nSPS) is 12.5. The molecule has 1 aromatic carbocycles. The smallest absolute Gasteiger partial charge is 0.183 e. The SMILES string of the molecule is CNCC(C)COc1cccc(Cl)c1F. The lowest BCUT2D eigenvalue weighted by molar-refractivity contribution is 0.248. The Hall–Kier alpha value is -0.800. The van der Waals surface area contributed by atoms with Crippen molar-refractivity contribution in [1.82, 2.24) is 5.32 Å². The second-order valence-corrected chi connectivity index (χ2v) is 3.93. The van der Waals surface area contributed by atoms with Crippen molar-refractivity contribution < 1.29 is 9.13 Å². The predicted molar refractivity (Wildman–Crippen MR) is 60.0 cm³/mol. The molecule has 0 fully saturated rings. The summed E-state index contributed by atoms with van der Waals surface area (Å²) in [6, 6.07) is 4.75. The van der Waals surface area contributed by atoms with E-state index in [9.17, 15) is 4.39 Å². The van der Waals surface area contributed by atoms with E-state index in [0.717, 1.165) is 6.54 Å². The van der Waals surface area contributed by atoms with Crippen molar-refractivity contribution in [1.29, 1.82) is 0 Å². The lowest BCUT2D eigenvalue weighted by Crippen LogP contribution is -2.21. The number of hydrogen-bond donors (Lipinski definition) is 1. The fourth-order valence-corrected chi connectivity index (χ4v) is 1.40. The van der Waals surface area contributed by atoms with E-state index in [1.807, 2.05) is 14.0 Å².